The first-order chi connectivity index (χ1) is 6.24. The molecule has 1 atom stereocenters. The molecule has 0 fully saturated rings. The van der Waals surface area contributed by atoms with Crippen molar-refractivity contribution < 1.29 is 9.18 Å². The van der Waals surface area contributed by atoms with Crippen LogP contribution in [-0.4, -0.2) is 6.08 Å². The van der Waals surface area contributed by atoms with Gasteiger partial charge in [-0.15, -0.1) is 0 Å². The van der Waals surface area contributed by atoms with E-state index in [2.05, 4.69) is 10.5 Å². The summed E-state index contributed by atoms with van der Waals surface area (Å²) in [6.45, 7) is 1.81. The van der Waals surface area contributed by atoms with Crippen LogP contribution in [0.1, 0.15) is 18.5 Å². The zero-order valence-corrected chi connectivity index (χ0v) is 7.12. The molecule has 0 aromatic heterocycles. The van der Waals surface area contributed by atoms with Crippen molar-refractivity contribution in [3.8, 4) is 0 Å². The normalized spacial score (nSPS) is 11.5. The van der Waals surface area contributed by atoms with Gasteiger partial charge in [-0.05, 0) is 24.6 Å². The quantitative estimate of drug-likeness (QED) is 0.437. The molecular weight excluding hydrogens is 171 g/mol. The van der Waals surface area contributed by atoms with Crippen molar-refractivity contribution in [2.75, 3.05) is 0 Å². The molecule has 4 heteroatoms. The Morgan fingerprint density at radius 1 is 1.46 bits per heavy atom. The molecule has 0 saturated carbocycles. The van der Waals surface area contributed by atoms with Gasteiger partial charge in [-0.1, -0.05) is 17.2 Å². The average molecular weight is 180 g/mol. The third kappa shape index (κ3) is 2.69. The number of halogens is 1. The van der Waals surface area contributed by atoms with E-state index in [-0.39, 0.29) is 11.9 Å². The second-order valence-corrected chi connectivity index (χ2v) is 2.61. The molecular formula is C9H9FN2O. The smallest absolute Gasteiger partial charge is 0.258 e. The van der Waals surface area contributed by atoms with Crippen LogP contribution in [-0.2, 0) is 4.79 Å². The average Bonchev–Trinajstić information content (AvgIpc) is 2.15. The van der Waals surface area contributed by atoms with Crippen molar-refractivity contribution in [1.82, 2.24) is 5.43 Å². The van der Waals surface area contributed by atoms with E-state index >= 15 is 0 Å². The fourth-order valence-corrected chi connectivity index (χ4v) is 0.949. The number of carbonyl (C=O) groups excluding carboxylic acids is 1. The van der Waals surface area contributed by atoms with Gasteiger partial charge in [-0.3, -0.25) is 5.43 Å². The first-order valence-corrected chi connectivity index (χ1v) is 3.82. The summed E-state index contributed by atoms with van der Waals surface area (Å²) in [6, 6.07) is 5.86. The number of benzene rings is 1. The van der Waals surface area contributed by atoms with E-state index in [4.69, 9.17) is 0 Å². The summed E-state index contributed by atoms with van der Waals surface area (Å²) in [4.78, 5) is 9.78. The van der Waals surface area contributed by atoms with Crippen LogP contribution < -0.4 is 5.43 Å². The van der Waals surface area contributed by atoms with E-state index in [1.165, 1.54) is 18.2 Å². The predicted octanol–water partition coefficient (Wildman–Crippen LogP) is 1.73. The van der Waals surface area contributed by atoms with Crippen LogP contribution in [0, 0.1) is 5.82 Å². The largest absolute Gasteiger partial charge is 0.292 e. The van der Waals surface area contributed by atoms with Gasteiger partial charge in [0.25, 0.3) is 6.08 Å². The van der Waals surface area contributed by atoms with Crippen molar-refractivity contribution >= 4 is 6.08 Å². The first-order valence-electron chi connectivity index (χ1n) is 3.82. The molecule has 0 aliphatic carbocycles. The fourth-order valence-electron chi connectivity index (χ4n) is 0.949. The van der Waals surface area contributed by atoms with Gasteiger partial charge in [0.15, 0.2) is 0 Å². The van der Waals surface area contributed by atoms with Crippen molar-refractivity contribution in [3.63, 3.8) is 0 Å². The highest BCUT2D eigenvalue weighted by Crippen LogP contribution is 2.12. The second kappa shape index (κ2) is 4.38. The molecule has 0 saturated heterocycles. The maximum absolute atomic E-state index is 12.5. The molecule has 3 nitrogen and oxygen atoms in total. The molecule has 1 unspecified atom stereocenters. The third-order valence-electron chi connectivity index (χ3n) is 1.67. The van der Waals surface area contributed by atoms with Gasteiger partial charge in [0.2, 0.25) is 0 Å². The lowest BCUT2D eigenvalue weighted by molar-refractivity contribution is 0.543. The number of rotatable bonds is 3. The standard InChI is InChI=1S/C9H9FN2O/c1-7(12-11-6-13)8-2-4-9(10)5-3-8/h2-5,7,12H,1H3. The van der Waals surface area contributed by atoms with Crippen LogP contribution in [0.2, 0.25) is 0 Å². The number of nitrogens with zero attached hydrogens (tertiary/aromatic N) is 1. The zero-order chi connectivity index (χ0) is 9.68. The molecule has 0 radical (unpaired) electrons. The minimum absolute atomic E-state index is 0.123. The summed E-state index contributed by atoms with van der Waals surface area (Å²) in [5, 5.41) is 3.22. The summed E-state index contributed by atoms with van der Waals surface area (Å²) < 4.78 is 12.5. The highest BCUT2D eigenvalue weighted by Gasteiger charge is 2.02. The van der Waals surface area contributed by atoms with Gasteiger partial charge in [-0.2, -0.15) is 0 Å². The molecule has 1 N–H and O–H groups in total. The van der Waals surface area contributed by atoms with Crippen LogP contribution in [0.5, 0.6) is 0 Å². The Bertz CT molecular complexity index is 317. The maximum atomic E-state index is 12.5. The van der Waals surface area contributed by atoms with E-state index < -0.39 is 0 Å². The number of hydrogen-bond donors (Lipinski definition) is 1. The minimum atomic E-state index is -0.283. The molecule has 1 aromatic rings. The van der Waals surface area contributed by atoms with E-state index in [1.54, 1.807) is 12.1 Å². The molecule has 0 aliphatic heterocycles. The van der Waals surface area contributed by atoms with Crippen molar-refractivity contribution in [2.24, 2.45) is 5.10 Å². The van der Waals surface area contributed by atoms with Crippen LogP contribution in [0.3, 0.4) is 0 Å². The van der Waals surface area contributed by atoms with Gasteiger partial charge in [0.1, 0.15) is 5.82 Å². The maximum Gasteiger partial charge on any atom is 0.258 e. The molecule has 0 bridgehead atoms. The summed E-state index contributed by atoms with van der Waals surface area (Å²) in [5.41, 5.74) is 3.41. The number of nitrogens with one attached hydrogen (secondary N) is 1. The third-order valence-corrected chi connectivity index (χ3v) is 1.67. The Balaban J connectivity index is 2.71. The van der Waals surface area contributed by atoms with Crippen LogP contribution in [0.15, 0.2) is 29.4 Å². The molecule has 68 valence electrons. The Labute approximate surface area is 75.3 Å². The van der Waals surface area contributed by atoms with Crippen LogP contribution >= 0.6 is 0 Å². The Hall–Kier alpha value is -1.67. The molecule has 0 heterocycles. The van der Waals surface area contributed by atoms with Crippen molar-refractivity contribution in [1.29, 1.82) is 0 Å². The van der Waals surface area contributed by atoms with Gasteiger partial charge < -0.3 is 0 Å². The van der Waals surface area contributed by atoms with Crippen LogP contribution in [0.4, 0.5) is 4.39 Å². The summed E-state index contributed by atoms with van der Waals surface area (Å²) in [6.07, 6.45) is 1.37. The first kappa shape index (κ1) is 9.42. The summed E-state index contributed by atoms with van der Waals surface area (Å²) in [5.74, 6) is -0.283. The lowest BCUT2D eigenvalue weighted by atomic mass is 10.1. The van der Waals surface area contributed by atoms with Gasteiger partial charge in [-0.25, -0.2) is 9.18 Å². The van der Waals surface area contributed by atoms with Gasteiger partial charge in [0.05, 0.1) is 6.04 Å². The summed E-state index contributed by atoms with van der Waals surface area (Å²) >= 11 is 0. The molecule has 0 spiro atoms. The Morgan fingerprint density at radius 2 is 2.08 bits per heavy atom. The van der Waals surface area contributed by atoms with Gasteiger partial charge >= 0.3 is 0 Å². The number of isocyanates is 1. The predicted molar refractivity (Wildman–Crippen MR) is 46.1 cm³/mol. The topological polar surface area (TPSA) is 41.5 Å². The van der Waals surface area contributed by atoms with E-state index in [1.807, 2.05) is 6.92 Å². The molecule has 0 aliphatic rings. The van der Waals surface area contributed by atoms with E-state index in [9.17, 15) is 9.18 Å². The second-order valence-electron chi connectivity index (χ2n) is 2.61. The SMILES string of the molecule is CC(NN=C=O)c1ccc(F)cc1. The Morgan fingerprint density at radius 3 is 2.62 bits per heavy atom. The Kier molecular flexibility index (Phi) is 3.17. The fraction of sp³-hybridized carbons (Fsp3) is 0.222. The highest BCUT2D eigenvalue weighted by atomic mass is 19.1. The number of hydrazone groups is 1. The van der Waals surface area contributed by atoms with Crippen molar-refractivity contribution in [3.05, 3.63) is 35.6 Å². The minimum Gasteiger partial charge on any atom is -0.292 e. The molecule has 1 rings (SSSR count). The van der Waals surface area contributed by atoms with E-state index in [0.717, 1.165) is 5.56 Å². The van der Waals surface area contributed by atoms with E-state index in [0.29, 0.717) is 0 Å². The summed E-state index contributed by atoms with van der Waals surface area (Å²) in [7, 11) is 0. The number of hydrogen-bond acceptors (Lipinski definition) is 3. The molecule has 13 heavy (non-hydrogen) atoms. The monoisotopic (exact) mass is 180 g/mol. The van der Waals surface area contributed by atoms with Crippen LogP contribution in [0.25, 0.3) is 0 Å². The zero-order valence-electron chi connectivity index (χ0n) is 7.12. The molecule has 0 amide bonds. The lowest BCUT2D eigenvalue weighted by Crippen LogP contribution is -2.11. The van der Waals surface area contributed by atoms with Crippen molar-refractivity contribution in [2.45, 2.75) is 13.0 Å². The highest BCUT2D eigenvalue weighted by molar-refractivity contribution is 5.32. The molecule has 1 aromatic carbocycles. The lowest BCUT2D eigenvalue weighted by Gasteiger charge is -2.09. The van der Waals surface area contributed by atoms with Gasteiger partial charge in [0, 0.05) is 0 Å².